The number of hydrogen-bond donors (Lipinski definition) is 1. The van der Waals surface area contributed by atoms with E-state index < -0.39 is 0 Å². The fourth-order valence-corrected chi connectivity index (χ4v) is 4.11. The van der Waals surface area contributed by atoms with Gasteiger partial charge in [-0.3, -0.25) is 9.20 Å². The van der Waals surface area contributed by atoms with E-state index >= 15 is 0 Å². The maximum Gasteiger partial charge on any atom is 0.258 e. The number of imidazole rings is 1. The summed E-state index contributed by atoms with van der Waals surface area (Å²) in [4.78, 5) is 22.7. The lowest BCUT2D eigenvalue weighted by atomic mass is 10.1. The maximum absolute atomic E-state index is 13.4. The van der Waals surface area contributed by atoms with Crippen LogP contribution in [0.4, 0.5) is 10.2 Å². The smallest absolute Gasteiger partial charge is 0.258 e. The number of hydrogen-bond acceptors (Lipinski definition) is 5. The molecule has 0 saturated carbocycles. The second kappa shape index (κ2) is 7.44. The van der Waals surface area contributed by atoms with Crippen molar-refractivity contribution < 1.29 is 9.18 Å². The second-order valence-corrected chi connectivity index (χ2v) is 7.94. The van der Waals surface area contributed by atoms with Crippen molar-refractivity contribution in [2.24, 2.45) is 0 Å². The Balaban J connectivity index is 1.46. The number of halogens is 1. The Hall–Kier alpha value is -3.85. The molecule has 0 bridgehead atoms. The number of benzene rings is 1. The molecule has 0 unspecified atom stereocenters. The third-order valence-electron chi connectivity index (χ3n) is 4.85. The van der Waals surface area contributed by atoms with Gasteiger partial charge in [-0.1, -0.05) is 0 Å². The van der Waals surface area contributed by atoms with Crippen LogP contribution >= 0.6 is 11.3 Å². The molecule has 154 valence electrons. The number of anilines is 1. The van der Waals surface area contributed by atoms with Crippen molar-refractivity contribution in [3.05, 3.63) is 83.0 Å². The van der Waals surface area contributed by atoms with E-state index in [1.165, 1.54) is 29.7 Å². The zero-order chi connectivity index (χ0) is 21.5. The molecule has 9 heteroatoms. The molecule has 31 heavy (non-hydrogen) atoms. The maximum atomic E-state index is 13.4. The largest absolute Gasteiger partial charge is 0.306 e. The molecular weight excluding hydrogens is 415 g/mol. The first-order chi connectivity index (χ1) is 15.0. The zero-order valence-corrected chi connectivity index (χ0v) is 17.5. The molecule has 7 nitrogen and oxygen atoms in total. The molecule has 5 aromatic rings. The van der Waals surface area contributed by atoms with E-state index in [1.807, 2.05) is 31.5 Å². The highest BCUT2D eigenvalue weighted by molar-refractivity contribution is 7.15. The summed E-state index contributed by atoms with van der Waals surface area (Å²) in [5, 5.41) is 9.23. The minimum atomic E-state index is -0.330. The Bertz CT molecular complexity index is 1400. The molecule has 0 spiro atoms. The number of amides is 1. The molecule has 0 aliphatic rings. The molecular formula is C22H17FN6OS. The third-order valence-corrected chi connectivity index (χ3v) is 5.60. The predicted octanol–water partition coefficient (Wildman–Crippen LogP) is 4.65. The number of thiazole rings is 1. The number of carbonyl (C=O) groups excluding carboxylic acids is 1. The van der Waals surface area contributed by atoms with Crippen LogP contribution in [0.5, 0.6) is 0 Å². The summed E-state index contributed by atoms with van der Waals surface area (Å²) in [6.45, 7) is 3.87. The molecule has 0 aliphatic carbocycles. The number of aryl methyl sites for hydroxylation is 2. The Morgan fingerprint density at radius 1 is 1.13 bits per heavy atom. The second-order valence-electron chi connectivity index (χ2n) is 7.07. The molecule has 0 fully saturated rings. The van der Waals surface area contributed by atoms with Crippen LogP contribution in [-0.2, 0) is 0 Å². The van der Waals surface area contributed by atoms with Crippen LogP contribution in [0.25, 0.3) is 22.0 Å². The molecule has 1 amide bonds. The van der Waals surface area contributed by atoms with Gasteiger partial charge in [0.15, 0.2) is 10.8 Å². The molecule has 0 atom stereocenters. The Labute approximate surface area is 180 Å². The minimum Gasteiger partial charge on any atom is -0.306 e. The van der Waals surface area contributed by atoms with Gasteiger partial charge in [0.05, 0.1) is 11.3 Å². The third kappa shape index (κ3) is 3.49. The van der Waals surface area contributed by atoms with Crippen molar-refractivity contribution in [2.75, 3.05) is 5.32 Å². The number of rotatable bonds is 4. The summed E-state index contributed by atoms with van der Waals surface area (Å²) in [5.41, 5.74) is 3.55. The van der Waals surface area contributed by atoms with Crippen LogP contribution in [0.2, 0.25) is 0 Å². The highest BCUT2D eigenvalue weighted by Crippen LogP contribution is 2.31. The van der Waals surface area contributed by atoms with Crippen molar-refractivity contribution in [1.82, 2.24) is 24.1 Å². The van der Waals surface area contributed by atoms with Crippen molar-refractivity contribution in [1.29, 1.82) is 0 Å². The van der Waals surface area contributed by atoms with Gasteiger partial charge in [0.25, 0.3) is 5.91 Å². The van der Waals surface area contributed by atoms with E-state index in [1.54, 1.807) is 33.3 Å². The lowest BCUT2D eigenvalue weighted by molar-refractivity contribution is 0.102. The van der Waals surface area contributed by atoms with Crippen LogP contribution in [-0.4, -0.2) is 30.1 Å². The SMILES string of the molecule is Cc1cc(C)n(-c2ccc(C(=O)Nc3c(-c4ccc(F)cc4)nc4sccn34)cn2)n1. The summed E-state index contributed by atoms with van der Waals surface area (Å²) >= 11 is 1.45. The van der Waals surface area contributed by atoms with Crippen LogP contribution in [0.1, 0.15) is 21.7 Å². The van der Waals surface area contributed by atoms with Gasteiger partial charge in [-0.2, -0.15) is 5.10 Å². The lowest BCUT2D eigenvalue weighted by Crippen LogP contribution is -2.14. The number of nitrogens with zero attached hydrogens (tertiary/aromatic N) is 5. The monoisotopic (exact) mass is 432 g/mol. The van der Waals surface area contributed by atoms with Crippen LogP contribution in [0.15, 0.2) is 60.2 Å². The topological polar surface area (TPSA) is 77.1 Å². The zero-order valence-electron chi connectivity index (χ0n) is 16.7. The van der Waals surface area contributed by atoms with Crippen molar-refractivity contribution in [3.8, 4) is 17.1 Å². The first-order valence-electron chi connectivity index (χ1n) is 9.52. The van der Waals surface area contributed by atoms with Crippen molar-refractivity contribution in [3.63, 3.8) is 0 Å². The summed E-state index contributed by atoms with van der Waals surface area (Å²) in [7, 11) is 0. The summed E-state index contributed by atoms with van der Waals surface area (Å²) in [6.07, 6.45) is 3.35. The Morgan fingerprint density at radius 2 is 1.94 bits per heavy atom. The van der Waals surface area contributed by atoms with Crippen LogP contribution in [0.3, 0.4) is 0 Å². The number of aromatic nitrogens is 5. The average molecular weight is 432 g/mol. The van der Waals surface area contributed by atoms with E-state index in [9.17, 15) is 9.18 Å². The van der Waals surface area contributed by atoms with Crippen molar-refractivity contribution in [2.45, 2.75) is 13.8 Å². The molecule has 0 aliphatic heterocycles. The van der Waals surface area contributed by atoms with Crippen LogP contribution in [0, 0.1) is 19.7 Å². The van der Waals surface area contributed by atoms with Gasteiger partial charge in [0, 0.05) is 29.0 Å². The normalized spacial score (nSPS) is 11.2. The van der Waals surface area contributed by atoms with Gasteiger partial charge in [-0.25, -0.2) is 19.0 Å². The van der Waals surface area contributed by atoms with E-state index in [0.717, 1.165) is 16.3 Å². The van der Waals surface area contributed by atoms with Crippen LogP contribution < -0.4 is 5.32 Å². The lowest BCUT2D eigenvalue weighted by Gasteiger charge is -2.08. The van der Waals surface area contributed by atoms with Gasteiger partial charge < -0.3 is 5.32 Å². The molecule has 4 aromatic heterocycles. The Kier molecular flexibility index (Phi) is 4.59. The van der Waals surface area contributed by atoms with Crippen molar-refractivity contribution >= 4 is 28.0 Å². The number of nitrogens with one attached hydrogen (secondary N) is 1. The highest BCUT2D eigenvalue weighted by Gasteiger charge is 2.18. The molecule has 5 rings (SSSR count). The number of carbonyl (C=O) groups is 1. The predicted molar refractivity (Wildman–Crippen MR) is 117 cm³/mol. The Morgan fingerprint density at radius 3 is 2.61 bits per heavy atom. The molecule has 0 saturated heterocycles. The van der Waals surface area contributed by atoms with E-state index in [2.05, 4.69) is 20.4 Å². The quantitative estimate of drug-likeness (QED) is 0.448. The molecule has 1 N–H and O–H groups in total. The molecule has 1 aromatic carbocycles. The summed E-state index contributed by atoms with van der Waals surface area (Å²) in [6, 6.07) is 11.4. The van der Waals surface area contributed by atoms with Gasteiger partial charge in [-0.15, -0.1) is 11.3 Å². The number of fused-ring (bicyclic) bond motifs is 1. The molecule has 4 heterocycles. The van der Waals surface area contributed by atoms with E-state index in [-0.39, 0.29) is 11.7 Å². The number of pyridine rings is 1. The fourth-order valence-electron chi connectivity index (χ4n) is 3.40. The highest BCUT2D eigenvalue weighted by atomic mass is 32.1. The van der Waals surface area contributed by atoms with Gasteiger partial charge in [-0.05, 0) is 56.3 Å². The first-order valence-corrected chi connectivity index (χ1v) is 10.4. The molecule has 0 radical (unpaired) electrons. The summed E-state index contributed by atoms with van der Waals surface area (Å²) in [5.74, 6) is 0.516. The van der Waals surface area contributed by atoms with E-state index in [0.29, 0.717) is 28.5 Å². The van der Waals surface area contributed by atoms with Gasteiger partial charge in [0.2, 0.25) is 0 Å². The minimum absolute atomic E-state index is 0.316. The average Bonchev–Trinajstić information content (AvgIpc) is 3.44. The van der Waals surface area contributed by atoms with E-state index in [4.69, 9.17) is 0 Å². The van der Waals surface area contributed by atoms with Gasteiger partial charge in [0.1, 0.15) is 17.3 Å². The first kappa shape index (κ1) is 19.1. The fraction of sp³-hybridized carbons (Fsp3) is 0.0909. The standard InChI is InChI=1S/C22H17FN6OS/c1-13-11-14(2)29(27-13)18-8-5-16(12-24-18)21(30)26-20-19(15-3-6-17(23)7-4-15)25-22-28(20)9-10-31-22/h3-12H,1-2H3,(H,26,30). The summed E-state index contributed by atoms with van der Waals surface area (Å²) < 4.78 is 16.9. The van der Waals surface area contributed by atoms with Gasteiger partial charge >= 0.3 is 0 Å².